The molecule has 0 spiro atoms. The summed E-state index contributed by atoms with van der Waals surface area (Å²) in [6, 6.07) is 26.4. The van der Waals surface area contributed by atoms with Gasteiger partial charge in [0.15, 0.2) is 0 Å². The fraction of sp³-hybridized carbons (Fsp3) is 0.192. The summed E-state index contributed by atoms with van der Waals surface area (Å²) in [5, 5.41) is 9.91. The number of aromatic nitrogens is 3. The summed E-state index contributed by atoms with van der Waals surface area (Å²) < 4.78 is 0. The van der Waals surface area contributed by atoms with Crippen molar-refractivity contribution in [3.05, 3.63) is 89.4 Å². The number of hydrogen-bond acceptors (Lipinski definition) is 5. The minimum atomic E-state index is 0.672. The molecule has 5 rings (SSSR count). The fourth-order valence-electron chi connectivity index (χ4n) is 4.11. The van der Waals surface area contributed by atoms with E-state index in [1.807, 2.05) is 60.7 Å². The SMILES string of the molecule is Cc1ccc(Cl)cc1N1CCN(c2nnc(-c3ccccc3)c(-c3ccccc3)n2)CC1. The Labute approximate surface area is 193 Å². The molecule has 0 saturated carbocycles. The third-order valence-corrected chi connectivity index (χ3v) is 6.08. The Morgan fingerprint density at radius 1 is 0.688 bits per heavy atom. The van der Waals surface area contributed by atoms with Crippen LogP contribution in [0.5, 0.6) is 0 Å². The predicted octanol–water partition coefficient (Wildman–Crippen LogP) is 5.49. The number of halogens is 1. The lowest BCUT2D eigenvalue weighted by Crippen LogP contribution is -2.47. The Balaban J connectivity index is 1.43. The first-order valence-corrected chi connectivity index (χ1v) is 11.2. The van der Waals surface area contributed by atoms with E-state index in [0.29, 0.717) is 5.95 Å². The normalized spacial score (nSPS) is 13.9. The van der Waals surface area contributed by atoms with Crippen molar-refractivity contribution in [2.24, 2.45) is 0 Å². The molecule has 0 N–H and O–H groups in total. The molecule has 1 fully saturated rings. The third-order valence-electron chi connectivity index (χ3n) is 5.84. The van der Waals surface area contributed by atoms with Gasteiger partial charge < -0.3 is 9.80 Å². The molecule has 0 unspecified atom stereocenters. The van der Waals surface area contributed by atoms with Gasteiger partial charge in [0, 0.05) is 48.0 Å². The summed E-state index contributed by atoms with van der Waals surface area (Å²) in [5.41, 5.74) is 6.14. The molecule has 32 heavy (non-hydrogen) atoms. The van der Waals surface area contributed by atoms with Gasteiger partial charge >= 0.3 is 0 Å². The lowest BCUT2D eigenvalue weighted by molar-refractivity contribution is 0.634. The maximum Gasteiger partial charge on any atom is 0.246 e. The van der Waals surface area contributed by atoms with Gasteiger partial charge in [0.2, 0.25) is 5.95 Å². The highest BCUT2D eigenvalue weighted by Crippen LogP contribution is 2.30. The number of rotatable bonds is 4. The van der Waals surface area contributed by atoms with E-state index >= 15 is 0 Å². The molecule has 1 aliphatic heterocycles. The van der Waals surface area contributed by atoms with Crippen LogP contribution in [-0.4, -0.2) is 41.4 Å². The molecular weight excluding hydrogens is 418 g/mol. The Hall–Kier alpha value is -3.44. The molecule has 0 radical (unpaired) electrons. The van der Waals surface area contributed by atoms with E-state index < -0.39 is 0 Å². The first-order chi connectivity index (χ1) is 15.7. The average molecular weight is 442 g/mol. The highest BCUT2D eigenvalue weighted by molar-refractivity contribution is 6.30. The van der Waals surface area contributed by atoms with Crippen molar-refractivity contribution in [3.63, 3.8) is 0 Å². The van der Waals surface area contributed by atoms with Gasteiger partial charge in [-0.05, 0) is 24.6 Å². The second kappa shape index (κ2) is 8.97. The Kier molecular flexibility index (Phi) is 5.73. The minimum absolute atomic E-state index is 0.672. The van der Waals surface area contributed by atoms with E-state index in [-0.39, 0.29) is 0 Å². The van der Waals surface area contributed by atoms with Crippen LogP contribution in [0.15, 0.2) is 78.9 Å². The summed E-state index contributed by atoms with van der Waals surface area (Å²) >= 11 is 6.24. The van der Waals surface area contributed by atoms with Crippen LogP contribution in [0.1, 0.15) is 5.56 Å². The van der Waals surface area contributed by atoms with Gasteiger partial charge in [-0.25, -0.2) is 4.98 Å². The van der Waals surface area contributed by atoms with Crippen LogP contribution in [0, 0.1) is 6.92 Å². The summed E-state index contributed by atoms with van der Waals surface area (Å²) in [4.78, 5) is 9.57. The molecule has 0 aliphatic carbocycles. The molecule has 2 heterocycles. The molecule has 1 saturated heterocycles. The molecule has 5 nitrogen and oxygen atoms in total. The molecule has 6 heteroatoms. The van der Waals surface area contributed by atoms with E-state index in [2.05, 4.69) is 45.1 Å². The molecule has 0 atom stereocenters. The van der Waals surface area contributed by atoms with Gasteiger partial charge in [-0.1, -0.05) is 78.3 Å². The van der Waals surface area contributed by atoms with Crippen molar-refractivity contribution < 1.29 is 0 Å². The molecule has 0 amide bonds. The predicted molar refractivity (Wildman–Crippen MR) is 131 cm³/mol. The highest BCUT2D eigenvalue weighted by atomic mass is 35.5. The lowest BCUT2D eigenvalue weighted by Gasteiger charge is -2.36. The summed E-state index contributed by atoms with van der Waals surface area (Å²) in [5.74, 6) is 0.672. The molecule has 0 bridgehead atoms. The Morgan fingerprint density at radius 3 is 1.94 bits per heavy atom. The fourth-order valence-corrected chi connectivity index (χ4v) is 4.28. The third kappa shape index (κ3) is 4.16. The molecule has 160 valence electrons. The van der Waals surface area contributed by atoms with Crippen molar-refractivity contribution in [3.8, 4) is 22.5 Å². The summed E-state index contributed by atoms with van der Waals surface area (Å²) in [6.45, 7) is 5.54. The monoisotopic (exact) mass is 441 g/mol. The van der Waals surface area contributed by atoms with Crippen LogP contribution in [-0.2, 0) is 0 Å². The van der Waals surface area contributed by atoms with Crippen molar-refractivity contribution in [1.29, 1.82) is 0 Å². The lowest BCUT2D eigenvalue weighted by atomic mass is 10.0. The van der Waals surface area contributed by atoms with Gasteiger partial charge in [0.1, 0.15) is 11.4 Å². The molecule has 1 aromatic heterocycles. The van der Waals surface area contributed by atoms with E-state index in [0.717, 1.165) is 53.7 Å². The van der Waals surface area contributed by atoms with Crippen LogP contribution in [0.2, 0.25) is 5.02 Å². The number of hydrogen-bond donors (Lipinski definition) is 0. The van der Waals surface area contributed by atoms with Crippen molar-refractivity contribution in [2.75, 3.05) is 36.0 Å². The van der Waals surface area contributed by atoms with Crippen molar-refractivity contribution >= 4 is 23.2 Å². The van der Waals surface area contributed by atoms with Gasteiger partial charge in [-0.15, -0.1) is 10.2 Å². The summed E-state index contributed by atoms with van der Waals surface area (Å²) in [7, 11) is 0. The zero-order chi connectivity index (χ0) is 21.9. The molecule has 1 aliphatic rings. The Morgan fingerprint density at radius 2 is 1.28 bits per heavy atom. The number of aryl methyl sites for hydroxylation is 1. The average Bonchev–Trinajstić information content (AvgIpc) is 2.86. The standard InChI is InChI=1S/C26H24ClN5/c1-19-12-13-22(27)18-23(19)31-14-16-32(17-15-31)26-28-24(20-8-4-2-5-9-20)25(29-30-26)21-10-6-3-7-11-21/h2-13,18H,14-17H2,1H3. The first kappa shape index (κ1) is 20.5. The van der Waals surface area contributed by atoms with Gasteiger partial charge in [-0.3, -0.25) is 0 Å². The minimum Gasteiger partial charge on any atom is -0.368 e. The van der Waals surface area contributed by atoms with Crippen LogP contribution in [0.4, 0.5) is 11.6 Å². The van der Waals surface area contributed by atoms with E-state index in [9.17, 15) is 0 Å². The van der Waals surface area contributed by atoms with Crippen LogP contribution in [0.3, 0.4) is 0 Å². The summed E-state index contributed by atoms with van der Waals surface area (Å²) in [6.07, 6.45) is 0. The second-order valence-electron chi connectivity index (χ2n) is 7.95. The van der Waals surface area contributed by atoms with E-state index in [1.54, 1.807) is 0 Å². The number of anilines is 2. The second-order valence-corrected chi connectivity index (χ2v) is 8.38. The van der Waals surface area contributed by atoms with E-state index in [1.165, 1.54) is 11.3 Å². The molecule has 3 aromatic carbocycles. The maximum absolute atomic E-state index is 6.24. The van der Waals surface area contributed by atoms with Gasteiger partial charge in [-0.2, -0.15) is 0 Å². The topological polar surface area (TPSA) is 45.2 Å². The van der Waals surface area contributed by atoms with Crippen LogP contribution < -0.4 is 9.80 Å². The Bertz CT molecular complexity index is 1210. The number of piperazine rings is 1. The number of benzene rings is 3. The van der Waals surface area contributed by atoms with Gasteiger partial charge in [0.05, 0.1) is 0 Å². The van der Waals surface area contributed by atoms with Crippen molar-refractivity contribution in [2.45, 2.75) is 6.92 Å². The first-order valence-electron chi connectivity index (χ1n) is 10.8. The molecule has 4 aromatic rings. The highest BCUT2D eigenvalue weighted by Gasteiger charge is 2.22. The van der Waals surface area contributed by atoms with Gasteiger partial charge in [0.25, 0.3) is 0 Å². The largest absolute Gasteiger partial charge is 0.368 e. The smallest absolute Gasteiger partial charge is 0.246 e. The van der Waals surface area contributed by atoms with E-state index in [4.69, 9.17) is 16.6 Å². The van der Waals surface area contributed by atoms with Crippen molar-refractivity contribution in [1.82, 2.24) is 15.2 Å². The number of nitrogens with zero attached hydrogens (tertiary/aromatic N) is 5. The zero-order valence-electron chi connectivity index (χ0n) is 17.9. The quantitative estimate of drug-likeness (QED) is 0.418. The molecular formula is C26H24ClN5. The van der Waals surface area contributed by atoms with Crippen LogP contribution >= 0.6 is 11.6 Å². The van der Waals surface area contributed by atoms with Crippen LogP contribution in [0.25, 0.3) is 22.5 Å². The zero-order valence-corrected chi connectivity index (χ0v) is 18.7. The maximum atomic E-state index is 6.24.